The predicted molar refractivity (Wildman–Crippen MR) is 117 cm³/mol. The standard InChI is InChI=1S/C24H28N2O2S/c1-25(17-18-11-6-5-7-12-18)22-21(20-15-10-16-29-20)23(27)26(24(22)28)19-13-8-3-2-4-9-14-19/h5-7,10-12,15-16,19H,2-4,8-9,13-14,17H2,1H3. The van der Waals surface area contributed by atoms with Crippen LogP contribution < -0.4 is 0 Å². The van der Waals surface area contributed by atoms with Crippen LogP contribution in [0.3, 0.4) is 0 Å². The predicted octanol–water partition coefficient (Wildman–Crippen LogP) is 5.07. The van der Waals surface area contributed by atoms with Crippen LogP contribution in [0.4, 0.5) is 0 Å². The number of carbonyl (C=O) groups excluding carboxylic acids is 2. The van der Waals surface area contributed by atoms with Gasteiger partial charge in [0, 0.05) is 24.5 Å². The van der Waals surface area contributed by atoms with Crippen LogP contribution in [0, 0.1) is 0 Å². The molecule has 0 spiro atoms. The number of hydrogen-bond acceptors (Lipinski definition) is 4. The summed E-state index contributed by atoms with van der Waals surface area (Å²) in [5.74, 6) is -0.236. The Kier molecular flexibility index (Phi) is 6.14. The van der Waals surface area contributed by atoms with Crippen molar-refractivity contribution in [3.63, 3.8) is 0 Å². The Morgan fingerprint density at radius 1 is 0.931 bits per heavy atom. The molecule has 4 nitrogen and oxygen atoms in total. The Labute approximate surface area is 176 Å². The monoisotopic (exact) mass is 408 g/mol. The normalized spacial score (nSPS) is 18.9. The minimum absolute atomic E-state index is 0.0212. The maximum absolute atomic E-state index is 13.6. The van der Waals surface area contributed by atoms with Gasteiger partial charge in [-0.1, -0.05) is 68.5 Å². The van der Waals surface area contributed by atoms with Crippen molar-refractivity contribution >= 4 is 28.7 Å². The molecule has 1 saturated carbocycles. The second-order valence-electron chi connectivity index (χ2n) is 8.02. The number of rotatable bonds is 5. The van der Waals surface area contributed by atoms with Crippen LogP contribution in [0.1, 0.15) is 55.4 Å². The zero-order valence-electron chi connectivity index (χ0n) is 17.0. The maximum atomic E-state index is 13.6. The summed E-state index contributed by atoms with van der Waals surface area (Å²) in [5.41, 5.74) is 2.24. The lowest BCUT2D eigenvalue weighted by Crippen LogP contribution is -2.42. The molecule has 2 amide bonds. The number of hydrogen-bond donors (Lipinski definition) is 0. The Balaban J connectivity index is 1.67. The minimum atomic E-state index is -0.123. The van der Waals surface area contributed by atoms with Gasteiger partial charge in [-0.3, -0.25) is 14.5 Å². The molecule has 29 heavy (non-hydrogen) atoms. The fraction of sp³-hybridized carbons (Fsp3) is 0.417. The average molecular weight is 409 g/mol. The van der Waals surface area contributed by atoms with E-state index >= 15 is 0 Å². The summed E-state index contributed by atoms with van der Waals surface area (Å²) in [5, 5.41) is 1.97. The third-order valence-electron chi connectivity index (χ3n) is 5.94. The Morgan fingerprint density at radius 3 is 2.28 bits per heavy atom. The molecule has 152 valence electrons. The number of benzene rings is 1. The van der Waals surface area contributed by atoms with Crippen LogP contribution in [0.5, 0.6) is 0 Å². The summed E-state index contributed by atoms with van der Waals surface area (Å²) in [6, 6.07) is 14.0. The molecule has 0 unspecified atom stereocenters. The third-order valence-corrected chi connectivity index (χ3v) is 6.83. The summed E-state index contributed by atoms with van der Waals surface area (Å²) in [4.78, 5) is 31.5. The molecule has 0 atom stereocenters. The summed E-state index contributed by atoms with van der Waals surface area (Å²) < 4.78 is 0. The van der Waals surface area contributed by atoms with Crippen LogP contribution in [0.15, 0.2) is 53.5 Å². The molecule has 5 heteroatoms. The molecule has 0 bridgehead atoms. The van der Waals surface area contributed by atoms with E-state index in [0.29, 0.717) is 17.8 Å². The van der Waals surface area contributed by atoms with Gasteiger partial charge in [0.25, 0.3) is 11.8 Å². The van der Waals surface area contributed by atoms with Crippen molar-refractivity contribution in [1.82, 2.24) is 9.80 Å². The van der Waals surface area contributed by atoms with E-state index in [1.165, 1.54) is 30.6 Å². The van der Waals surface area contributed by atoms with E-state index in [4.69, 9.17) is 0 Å². The van der Waals surface area contributed by atoms with Gasteiger partial charge >= 0.3 is 0 Å². The van der Waals surface area contributed by atoms with Crippen molar-refractivity contribution in [1.29, 1.82) is 0 Å². The SMILES string of the molecule is CN(Cc1ccccc1)C1=C(c2cccs2)C(=O)N(C2CCCCCCC2)C1=O. The van der Waals surface area contributed by atoms with Crippen molar-refractivity contribution < 1.29 is 9.59 Å². The number of amides is 2. The molecule has 0 saturated heterocycles. The highest BCUT2D eigenvalue weighted by atomic mass is 32.1. The largest absolute Gasteiger partial charge is 0.365 e. The van der Waals surface area contributed by atoms with E-state index in [1.54, 1.807) is 4.90 Å². The molecule has 0 N–H and O–H groups in total. The lowest BCUT2D eigenvalue weighted by molar-refractivity contribution is -0.140. The molecule has 1 aromatic heterocycles. The van der Waals surface area contributed by atoms with Crippen molar-refractivity contribution in [3.8, 4) is 0 Å². The van der Waals surface area contributed by atoms with Crippen LogP contribution in [0.2, 0.25) is 0 Å². The molecule has 0 radical (unpaired) electrons. The van der Waals surface area contributed by atoms with Crippen LogP contribution in [0.25, 0.3) is 5.57 Å². The van der Waals surface area contributed by atoms with Crippen LogP contribution in [-0.2, 0) is 16.1 Å². The van der Waals surface area contributed by atoms with Crippen molar-refractivity contribution in [2.24, 2.45) is 0 Å². The molecule has 1 aliphatic heterocycles. The molecule has 2 aliphatic rings. The van der Waals surface area contributed by atoms with E-state index in [9.17, 15) is 9.59 Å². The molecule has 1 aromatic carbocycles. The smallest absolute Gasteiger partial charge is 0.278 e. The number of thiophene rings is 1. The lowest BCUT2D eigenvalue weighted by Gasteiger charge is -2.29. The van der Waals surface area contributed by atoms with Gasteiger partial charge in [-0.05, 0) is 29.9 Å². The first-order valence-corrected chi connectivity index (χ1v) is 11.5. The highest BCUT2D eigenvalue weighted by Gasteiger charge is 2.44. The summed E-state index contributed by atoms with van der Waals surface area (Å²) >= 11 is 1.53. The second kappa shape index (κ2) is 8.95. The van der Waals surface area contributed by atoms with Gasteiger partial charge in [-0.25, -0.2) is 0 Å². The lowest BCUT2D eigenvalue weighted by atomic mass is 9.95. The minimum Gasteiger partial charge on any atom is -0.365 e. The van der Waals surface area contributed by atoms with Crippen molar-refractivity contribution in [2.75, 3.05) is 7.05 Å². The number of carbonyl (C=O) groups is 2. The van der Waals surface area contributed by atoms with Gasteiger partial charge in [-0.15, -0.1) is 11.3 Å². The molecular weight excluding hydrogens is 380 g/mol. The zero-order chi connectivity index (χ0) is 20.2. The van der Waals surface area contributed by atoms with Gasteiger partial charge in [0.15, 0.2) is 0 Å². The van der Waals surface area contributed by atoms with E-state index in [2.05, 4.69) is 12.1 Å². The Bertz CT molecular complexity index is 881. The summed E-state index contributed by atoms with van der Waals surface area (Å²) in [7, 11) is 1.92. The summed E-state index contributed by atoms with van der Waals surface area (Å²) in [6.45, 7) is 0.600. The zero-order valence-corrected chi connectivity index (χ0v) is 17.8. The molecular formula is C24H28N2O2S. The molecule has 1 aliphatic carbocycles. The fourth-order valence-electron chi connectivity index (χ4n) is 4.49. The first-order chi connectivity index (χ1) is 14.2. The first kappa shape index (κ1) is 19.9. The van der Waals surface area contributed by atoms with Crippen LogP contribution >= 0.6 is 11.3 Å². The summed E-state index contributed by atoms with van der Waals surface area (Å²) in [6.07, 6.45) is 7.67. The molecule has 2 aromatic rings. The Morgan fingerprint density at radius 2 is 1.62 bits per heavy atom. The van der Waals surface area contributed by atoms with Gasteiger partial charge in [0.05, 0.1) is 5.57 Å². The number of likely N-dealkylation sites (N-methyl/N-ethyl adjacent to an activating group) is 1. The number of nitrogens with zero attached hydrogens (tertiary/aromatic N) is 2. The highest BCUT2D eigenvalue weighted by Crippen LogP contribution is 2.37. The Hall–Kier alpha value is -2.40. The van der Waals surface area contributed by atoms with Crippen molar-refractivity contribution in [3.05, 3.63) is 64.0 Å². The van der Waals surface area contributed by atoms with E-state index in [-0.39, 0.29) is 17.9 Å². The first-order valence-electron chi connectivity index (χ1n) is 10.6. The van der Waals surface area contributed by atoms with E-state index in [1.807, 2.05) is 47.7 Å². The average Bonchev–Trinajstić information content (AvgIpc) is 3.29. The van der Waals surface area contributed by atoms with Crippen LogP contribution in [-0.4, -0.2) is 34.7 Å². The highest BCUT2D eigenvalue weighted by molar-refractivity contribution is 7.11. The number of imide groups is 1. The molecule has 2 heterocycles. The molecule has 4 rings (SSSR count). The van der Waals surface area contributed by atoms with Gasteiger partial charge < -0.3 is 4.90 Å². The molecule has 1 fully saturated rings. The van der Waals surface area contributed by atoms with Gasteiger partial charge in [0.1, 0.15) is 5.70 Å². The fourth-order valence-corrected chi connectivity index (χ4v) is 5.26. The van der Waals surface area contributed by atoms with Gasteiger partial charge in [0.2, 0.25) is 0 Å². The van der Waals surface area contributed by atoms with Gasteiger partial charge in [-0.2, -0.15) is 0 Å². The van der Waals surface area contributed by atoms with Crippen molar-refractivity contribution in [2.45, 2.75) is 57.5 Å². The van der Waals surface area contributed by atoms with E-state index in [0.717, 1.165) is 36.1 Å². The maximum Gasteiger partial charge on any atom is 0.278 e. The quantitative estimate of drug-likeness (QED) is 0.648. The second-order valence-corrected chi connectivity index (χ2v) is 8.97. The van der Waals surface area contributed by atoms with E-state index < -0.39 is 0 Å². The topological polar surface area (TPSA) is 40.6 Å². The third kappa shape index (κ3) is 4.15.